The van der Waals surface area contributed by atoms with Gasteiger partial charge in [0.05, 0.1) is 12.9 Å². The average molecular weight is 396 g/mol. The molecule has 0 aliphatic rings. The number of thiophene rings is 1. The van der Waals surface area contributed by atoms with E-state index >= 15 is 0 Å². The molecule has 0 fully saturated rings. The normalized spacial score (nSPS) is 12.7. The Morgan fingerprint density at radius 1 is 1.41 bits per heavy atom. The van der Waals surface area contributed by atoms with E-state index in [1.54, 1.807) is 11.3 Å². The van der Waals surface area contributed by atoms with E-state index < -0.39 is 0 Å². The first-order valence-electron chi connectivity index (χ1n) is 5.06. The second-order valence-corrected chi connectivity index (χ2v) is 8.05. The Labute approximate surface area is 126 Å². The van der Waals surface area contributed by atoms with E-state index in [1.165, 1.54) is 5.56 Å². The van der Waals surface area contributed by atoms with Crippen LogP contribution in [0.2, 0.25) is 0 Å². The minimum Gasteiger partial charge on any atom is -0.261 e. The summed E-state index contributed by atoms with van der Waals surface area (Å²) in [6.07, 6.45) is 2.61. The Morgan fingerprint density at radius 2 is 2.18 bits per heavy atom. The minimum atomic E-state index is -0.0536. The summed E-state index contributed by atoms with van der Waals surface area (Å²) in [4.78, 5) is 4.37. The molecular formula is C12H10Br2ClNS. The Kier molecular flexibility index (Phi) is 4.64. The van der Waals surface area contributed by atoms with Gasteiger partial charge in [0.2, 0.25) is 0 Å². The summed E-state index contributed by atoms with van der Waals surface area (Å²) in [7, 11) is 0. The van der Waals surface area contributed by atoms with Crippen LogP contribution < -0.4 is 0 Å². The SMILES string of the molecule is Cc1ccc(CC(Cl)c2cc(Br)sc2Br)nc1. The van der Waals surface area contributed by atoms with Crippen LogP contribution in [0.1, 0.15) is 22.2 Å². The summed E-state index contributed by atoms with van der Waals surface area (Å²) in [5.74, 6) is 0. The fraction of sp³-hybridized carbons (Fsp3) is 0.250. The van der Waals surface area contributed by atoms with E-state index in [1.807, 2.05) is 19.2 Å². The molecule has 0 aliphatic heterocycles. The van der Waals surface area contributed by atoms with Gasteiger partial charge in [-0.2, -0.15) is 0 Å². The molecule has 2 heterocycles. The van der Waals surface area contributed by atoms with E-state index in [2.05, 4.69) is 49.0 Å². The van der Waals surface area contributed by atoms with Crippen molar-refractivity contribution in [3.8, 4) is 0 Å². The Balaban J connectivity index is 2.14. The highest BCUT2D eigenvalue weighted by molar-refractivity contribution is 9.12. The Morgan fingerprint density at radius 3 is 2.71 bits per heavy atom. The van der Waals surface area contributed by atoms with Gasteiger partial charge in [-0.15, -0.1) is 22.9 Å². The molecule has 1 atom stereocenters. The lowest BCUT2D eigenvalue weighted by Crippen LogP contribution is -1.97. The maximum Gasteiger partial charge on any atom is 0.0757 e. The second kappa shape index (κ2) is 5.83. The van der Waals surface area contributed by atoms with E-state index in [0.29, 0.717) is 0 Å². The van der Waals surface area contributed by atoms with E-state index in [4.69, 9.17) is 11.6 Å². The summed E-state index contributed by atoms with van der Waals surface area (Å²) in [6, 6.07) is 6.14. The van der Waals surface area contributed by atoms with Gasteiger partial charge in [0.25, 0.3) is 0 Å². The van der Waals surface area contributed by atoms with E-state index in [9.17, 15) is 0 Å². The molecule has 0 bridgehead atoms. The Bertz CT molecular complexity index is 510. The van der Waals surface area contributed by atoms with Crippen molar-refractivity contribution < 1.29 is 0 Å². The van der Waals surface area contributed by atoms with Gasteiger partial charge in [-0.3, -0.25) is 4.98 Å². The molecule has 0 aliphatic carbocycles. The van der Waals surface area contributed by atoms with Crippen LogP contribution in [0.15, 0.2) is 32.0 Å². The van der Waals surface area contributed by atoms with Crippen molar-refractivity contribution in [1.29, 1.82) is 0 Å². The van der Waals surface area contributed by atoms with Crippen molar-refractivity contribution in [3.05, 3.63) is 48.8 Å². The van der Waals surface area contributed by atoms with Crippen LogP contribution in [0.4, 0.5) is 0 Å². The van der Waals surface area contributed by atoms with Crippen LogP contribution in [0, 0.1) is 6.92 Å². The Hall–Kier alpha value is 0.1000. The first kappa shape index (κ1) is 13.5. The van der Waals surface area contributed by atoms with Gasteiger partial charge in [-0.05, 0) is 62.0 Å². The highest BCUT2D eigenvalue weighted by Crippen LogP contribution is 2.39. The quantitative estimate of drug-likeness (QED) is 0.626. The van der Waals surface area contributed by atoms with Crippen LogP contribution in [-0.4, -0.2) is 4.98 Å². The average Bonchev–Trinajstić information content (AvgIpc) is 2.61. The molecule has 0 saturated carbocycles. The van der Waals surface area contributed by atoms with Crippen LogP contribution in [0.5, 0.6) is 0 Å². The molecule has 0 amide bonds. The topological polar surface area (TPSA) is 12.9 Å². The van der Waals surface area contributed by atoms with Crippen LogP contribution in [-0.2, 0) is 6.42 Å². The second-order valence-electron chi connectivity index (χ2n) is 3.78. The van der Waals surface area contributed by atoms with E-state index in [-0.39, 0.29) is 5.38 Å². The van der Waals surface area contributed by atoms with E-state index in [0.717, 1.165) is 25.3 Å². The first-order chi connectivity index (χ1) is 8.06. The van der Waals surface area contributed by atoms with Crippen molar-refractivity contribution in [2.24, 2.45) is 0 Å². The smallest absolute Gasteiger partial charge is 0.0757 e. The molecule has 1 unspecified atom stereocenters. The zero-order chi connectivity index (χ0) is 12.4. The van der Waals surface area contributed by atoms with Crippen LogP contribution in [0.3, 0.4) is 0 Å². The molecule has 90 valence electrons. The number of aryl methyl sites for hydroxylation is 1. The molecule has 2 aromatic heterocycles. The lowest BCUT2D eigenvalue weighted by Gasteiger charge is -2.08. The van der Waals surface area contributed by atoms with Crippen molar-refractivity contribution in [3.63, 3.8) is 0 Å². The maximum atomic E-state index is 6.41. The van der Waals surface area contributed by atoms with Gasteiger partial charge < -0.3 is 0 Å². The molecular weight excluding hydrogens is 385 g/mol. The fourth-order valence-corrected chi connectivity index (χ4v) is 4.98. The molecule has 5 heteroatoms. The standard InChI is InChI=1S/C12H10Br2ClNS/c1-7-2-3-8(16-6-7)4-10(15)9-5-11(13)17-12(9)14/h2-3,5-6,10H,4H2,1H3. The fourth-order valence-electron chi connectivity index (χ4n) is 1.48. The van der Waals surface area contributed by atoms with Crippen molar-refractivity contribution in [2.45, 2.75) is 18.7 Å². The summed E-state index contributed by atoms with van der Waals surface area (Å²) in [6.45, 7) is 2.03. The third kappa shape index (κ3) is 3.53. The molecule has 2 rings (SSSR count). The summed E-state index contributed by atoms with van der Waals surface area (Å²) < 4.78 is 2.17. The maximum absolute atomic E-state index is 6.41. The lowest BCUT2D eigenvalue weighted by molar-refractivity contribution is 0.879. The molecule has 0 saturated heterocycles. The third-order valence-electron chi connectivity index (χ3n) is 2.38. The highest BCUT2D eigenvalue weighted by Gasteiger charge is 2.15. The number of halogens is 3. The predicted octanol–water partition coefficient (Wildman–Crippen LogP) is 5.50. The number of pyridine rings is 1. The lowest BCUT2D eigenvalue weighted by atomic mass is 10.1. The first-order valence-corrected chi connectivity index (χ1v) is 7.90. The number of rotatable bonds is 3. The number of hydrogen-bond donors (Lipinski definition) is 0. The largest absolute Gasteiger partial charge is 0.261 e. The molecule has 1 nitrogen and oxygen atoms in total. The zero-order valence-corrected chi connectivity index (χ0v) is 13.8. The van der Waals surface area contributed by atoms with Crippen molar-refractivity contribution in [2.75, 3.05) is 0 Å². The monoisotopic (exact) mass is 393 g/mol. The van der Waals surface area contributed by atoms with Crippen LogP contribution >= 0.6 is 54.8 Å². The summed E-state index contributed by atoms with van der Waals surface area (Å²) in [5, 5.41) is -0.0536. The summed E-state index contributed by atoms with van der Waals surface area (Å²) >= 11 is 15.0. The molecule has 0 N–H and O–H groups in total. The van der Waals surface area contributed by atoms with Gasteiger partial charge in [0.15, 0.2) is 0 Å². The number of hydrogen-bond acceptors (Lipinski definition) is 2. The van der Waals surface area contributed by atoms with Crippen LogP contribution in [0.25, 0.3) is 0 Å². The van der Waals surface area contributed by atoms with Gasteiger partial charge >= 0.3 is 0 Å². The van der Waals surface area contributed by atoms with Gasteiger partial charge in [0.1, 0.15) is 0 Å². The van der Waals surface area contributed by atoms with Gasteiger partial charge in [-0.1, -0.05) is 6.07 Å². The molecule has 0 radical (unpaired) electrons. The predicted molar refractivity (Wildman–Crippen MR) is 81.0 cm³/mol. The molecule has 0 aromatic carbocycles. The zero-order valence-electron chi connectivity index (χ0n) is 9.08. The van der Waals surface area contributed by atoms with Gasteiger partial charge in [0, 0.05) is 18.3 Å². The third-order valence-corrected chi connectivity index (χ3v) is 5.16. The van der Waals surface area contributed by atoms with Crippen molar-refractivity contribution >= 4 is 54.8 Å². The number of aromatic nitrogens is 1. The number of alkyl halides is 1. The highest BCUT2D eigenvalue weighted by atomic mass is 79.9. The molecule has 17 heavy (non-hydrogen) atoms. The van der Waals surface area contributed by atoms with Crippen molar-refractivity contribution in [1.82, 2.24) is 4.98 Å². The van der Waals surface area contributed by atoms with Gasteiger partial charge in [-0.25, -0.2) is 0 Å². The minimum absolute atomic E-state index is 0.0536. The summed E-state index contributed by atoms with van der Waals surface area (Å²) in [5.41, 5.74) is 3.30. The molecule has 2 aromatic rings. The number of nitrogens with zero attached hydrogens (tertiary/aromatic N) is 1. The molecule has 0 spiro atoms.